The summed E-state index contributed by atoms with van der Waals surface area (Å²) in [6, 6.07) is 1.49. The fourth-order valence-corrected chi connectivity index (χ4v) is 3.37. The Labute approximate surface area is 118 Å². The van der Waals surface area contributed by atoms with Crippen molar-refractivity contribution in [1.82, 2.24) is 10.2 Å². The van der Waals surface area contributed by atoms with Crippen molar-refractivity contribution in [3.05, 3.63) is 0 Å². The highest BCUT2D eigenvalue weighted by Crippen LogP contribution is 2.23. The van der Waals surface area contributed by atoms with Crippen LogP contribution in [0.1, 0.15) is 46.0 Å². The summed E-state index contributed by atoms with van der Waals surface area (Å²) >= 11 is 1.95. The minimum absolute atomic E-state index is 0.713. The molecule has 0 spiro atoms. The van der Waals surface area contributed by atoms with E-state index < -0.39 is 0 Å². The normalized spacial score (nSPS) is 26.5. The van der Waals surface area contributed by atoms with Gasteiger partial charge in [-0.3, -0.25) is 0 Å². The quantitative estimate of drug-likeness (QED) is 0.730. The van der Waals surface area contributed by atoms with Crippen LogP contribution in [0.15, 0.2) is 0 Å². The molecule has 1 aliphatic carbocycles. The summed E-state index contributed by atoms with van der Waals surface area (Å²) in [6.45, 7) is 7.07. The summed E-state index contributed by atoms with van der Waals surface area (Å²) < 4.78 is 0. The molecule has 0 radical (unpaired) electrons. The molecular formula is C15H32N2S. The Morgan fingerprint density at radius 3 is 2.83 bits per heavy atom. The van der Waals surface area contributed by atoms with Gasteiger partial charge in [0.1, 0.15) is 0 Å². The first-order valence-corrected chi connectivity index (χ1v) is 8.95. The number of rotatable bonds is 8. The maximum absolute atomic E-state index is 3.75. The minimum Gasteiger partial charge on any atom is -0.313 e. The molecule has 0 aliphatic heterocycles. The molecule has 1 rings (SSSR count). The number of nitrogens with zero attached hydrogens (tertiary/aromatic N) is 1. The number of likely N-dealkylation sites (N-methyl/N-ethyl adjacent to an activating group) is 1. The molecule has 3 unspecified atom stereocenters. The van der Waals surface area contributed by atoms with Gasteiger partial charge in [0.25, 0.3) is 0 Å². The van der Waals surface area contributed by atoms with Crippen LogP contribution in [0.5, 0.6) is 0 Å². The van der Waals surface area contributed by atoms with Gasteiger partial charge in [0, 0.05) is 25.2 Å². The summed E-state index contributed by atoms with van der Waals surface area (Å²) in [5.41, 5.74) is 0. The smallest absolute Gasteiger partial charge is 0.0107 e. The van der Waals surface area contributed by atoms with Gasteiger partial charge in [-0.25, -0.2) is 0 Å². The van der Waals surface area contributed by atoms with E-state index in [2.05, 4.69) is 37.4 Å². The predicted octanol–water partition coefficient (Wildman–Crippen LogP) is 3.23. The third-order valence-electron chi connectivity index (χ3n) is 4.33. The van der Waals surface area contributed by atoms with Crippen molar-refractivity contribution in [2.24, 2.45) is 5.92 Å². The van der Waals surface area contributed by atoms with Gasteiger partial charge in [0.2, 0.25) is 0 Å². The summed E-state index contributed by atoms with van der Waals surface area (Å²) in [7, 11) is 2.26. The van der Waals surface area contributed by atoms with Crippen molar-refractivity contribution in [3.8, 4) is 0 Å². The van der Waals surface area contributed by atoms with Gasteiger partial charge in [0.15, 0.2) is 0 Å². The van der Waals surface area contributed by atoms with E-state index in [0.29, 0.717) is 6.04 Å². The van der Waals surface area contributed by atoms with Crippen LogP contribution in [0.25, 0.3) is 0 Å². The summed E-state index contributed by atoms with van der Waals surface area (Å²) in [5, 5.41) is 3.75. The minimum atomic E-state index is 0.713. The molecule has 3 atom stereocenters. The Kier molecular flexibility index (Phi) is 8.36. The molecule has 0 aromatic rings. The van der Waals surface area contributed by atoms with E-state index in [0.717, 1.165) is 18.5 Å². The van der Waals surface area contributed by atoms with E-state index in [-0.39, 0.29) is 0 Å². The molecule has 1 fully saturated rings. The lowest BCUT2D eigenvalue weighted by atomic mass is 9.87. The van der Waals surface area contributed by atoms with E-state index in [9.17, 15) is 0 Å². The molecule has 0 aromatic heterocycles. The maximum Gasteiger partial charge on any atom is 0.0107 e. The van der Waals surface area contributed by atoms with Gasteiger partial charge in [-0.2, -0.15) is 11.8 Å². The molecule has 0 heterocycles. The molecule has 0 bridgehead atoms. The first kappa shape index (κ1) is 16.3. The SMILES string of the molecule is CSCCC(C)N(C)CCNC1CCCC(C)C1. The van der Waals surface area contributed by atoms with Crippen molar-refractivity contribution in [1.29, 1.82) is 0 Å². The zero-order chi connectivity index (χ0) is 13.4. The first-order valence-electron chi connectivity index (χ1n) is 7.56. The average molecular weight is 273 g/mol. The fraction of sp³-hybridized carbons (Fsp3) is 1.00. The second-order valence-corrected chi connectivity index (χ2v) is 7.02. The van der Waals surface area contributed by atoms with Crippen LogP contribution in [-0.4, -0.2) is 49.1 Å². The van der Waals surface area contributed by atoms with Gasteiger partial charge >= 0.3 is 0 Å². The molecule has 18 heavy (non-hydrogen) atoms. The topological polar surface area (TPSA) is 15.3 Å². The van der Waals surface area contributed by atoms with E-state index in [1.807, 2.05) is 11.8 Å². The Morgan fingerprint density at radius 2 is 2.17 bits per heavy atom. The third kappa shape index (κ3) is 6.44. The van der Waals surface area contributed by atoms with Gasteiger partial charge in [-0.15, -0.1) is 0 Å². The molecule has 1 aliphatic rings. The molecular weight excluding hydrogens is 240 g/mol. The summed E-state index contributed by atoms with van der Waals surface area (Å²) in [5.74, 6) is 2.20. The Balaban J connectivity index is 2.08. The molecule has 0 amide bonds. The Morgan fingerprint density at radius 1 is 1.39 bits per heavy atom. The number of nitrogens with one attached hydrogen (secondary N) is 1. The van der Waals surface area contributed by atoms with Crippen LogP contribution in [0, 0.1) is 5.92 Å². The maximum atomic E-state index is 3.75. The first-order chi connectivity index (χ1) is 8.63. The zero-order valence-electron chi connectivity index (χ0n) is 12.7. The van der Waals surface area contributed by atoms with Crippen molar-refractivity contribution in [2.75, 3.05) is 32.1 Å². The Hall–Kier alpha value is 0.270. The lowest BCUT2D eigenvalue weighted by Crippen LogP contribution is -2.40. The highest BCUT2D eigenvalue weighted by Gasteiger charge is 2.18. The second kappa shape index (κ2) is 9.22. The van der Waals surface area contributed by atoms with Crippen molar-refractivity contribution in [2.45, 2.75) is 58.0 Å². The second-order valence-electron chi connectivity index (χ2n) is 6.03. The Bertz CT molecular complexity index is 211. The molecule has 1 saturated carbocycles. The van der Waals surface area contributed by atoms with Crippen molar-refractivity contribution in [3.63, 3.8) is 0 Å². The average Bonchev–Trinajstić information content (AvgIpc) is 2.35. The van der Waals surface area contributed by atoms with E-state index in [1.165, 1.54) is 44.4 Å². The molecule has 0 saturated heterocycles. The van der Waals surface area contributed by atoms with Crippen LogP contribution < -0.4 is 5.32 Å². The van der Waals surface area contributed by atoms with Gasteiger partial charge in [-0.1, -0.05) is 19.8 Å². The summed E-state index contributed by atoms with van der Waals surface area (Å²) in [4.78, 5) is 2.50. The number of hydrogen-bond acceptors (Lipinski definition) is 3. The summed E-state index contributed by atoms with van der Waals surface area (Å²) in [6.07, 6.45) is 9.11. The zero-order valence-corrected chi connectivity index (χ0v) is 13.6. The van der Waals surface area contributed by atoms with Crippen molar-refractivity contribution < 1.29 is 0 Å². The molecule has 3 heteroatoms. The molecule has 108 valence electrons. The van der Waals surface area contributed by atoms with Crippen LogP contribution >= 0.6 is 11.8 Å². The van der Waals surface area contributed by atoms with Crippen molar-refractivity contribution >= 4 is 11.8 Å². The monoisotopic (exact) mass is 272 g/mol. The lowest BCUT2D eigenvalue weighted by Gasteiger charge is -2.29. The number of hydrogen-bond donors (Lipinski definition) is 1. The number of thioether (sulfide) groups is 1. The molecule has 0 aromatic carbocycles. The molecule has 2 nitrogen and oxygen atoms in total. The predicted molar refractivity (Wildman–Crippen MR) is 84.5 cm³/mol. The standard InChI is InChI=1S/C15H32N2S/c1-13-6-5-7-15(12-13)16-9-10-17(3)14(2)8-11-18-4/h13-16H,5-12H2,1-4H3. The highest BCUT2D eigenvalue weighted by molar-refractivity contribution is 7.98. The van der Waals surface area contributed by atoms with E-state index in [1.54, 1.807) is 0 Å². The van der Waals surface area contributed by atoms with Gasteiger partial charge < -0.3 is 10.2 Å². The van der Waals surface area contributed by atoms with E-state index >= 15 is 0 Å². The van der Waals surface area contributed by atoms with Gasteiger partial charge in [0.05, 0.1) is 0 Å². The van der Waals surface area contributed by atoms with E-state index in [4.69, 9.17) is 0 Å². The van der Waals surface area contributed by atoms with Crippen LogP contribution in [0.2, 0.25) is 0 Å². The fourth-order valence-electron chi connectivity index (χ4n) is 2.79. The van der Waals surface area contributed by atoms with Crippen LogP contribution in [0.3, 0.4) is 0 Å². The third-order valence-corrected chi connectivity index (χ3v) is 4.97. The van der Waals surface area contributed by atoms with Crippen LogP contribution in [0.4, 0.5) is 0 Å². The molecule has 1 N–H and O–H groups in total. The van der Waals surface area contributed by atoms with Crippen LogP contribution in [-0.2, 0) is 0 Å². The highest BCUT2D eigenvalue weighted by atomic mass is 32.2. The van der Waals surface area contributed by atoms with Gasteiger partial charge in [-0.05, 0) is 51.2 Å². The largest absolute Gasteiger partial charge is 0.313 e. The lowest BCUT2D eigenvalue weighted by molar-refractivity contribution is 0.237.